The number of benzene rings is 1. The average molecular weight is 314 g/mol. The minimum Gasteiger partial charge on any atom is -0.313 e. The topological polar surface area (TPSA) is 12.0 Å². The van der Waals surface area contributed by atoms with E-state index < -0.39 is 0 Å². The first-order valence-corrected chi connectivity index (χ1v) is 7.64. The van der Waals surface area contributed by atoms with Gasteiger partial charge in [-0.15, -0.1) is 0 Å². The summed E-state index contributed by atoms with van der Waals surface area (Å²) < 4.78 is 14.3. The van der Waals surface area contributed by atoms with E-state index in [2.05, 4.69) is 21.2 Å². The molecule has 1 fully saturated rings. The van der Waals surface area contributed by atoms with E-state index in [1.54, 1.807) is 6.07 Å². The molecule has 1 atom stereocenters. The molecule has 0 spiro atoms. The molecule has 0 aromatic heterocycles. The first-order valence-electron chi connectivity index (χ1n) is 6.85. The molecule has 0 bridgehead atoms. The SMILES string of the molecule is CNC(c1cccc(F)c1Br)C1CCCCCC1. The highest BCUT2D eigenvalue weighted by Crippen LogP contribution is 2.36. The van der Waals surface area contributed by atoms with Gasteiger partial charge in [-0.25, -0.2) is 4.39 Å². The molecule has 1 aliphatic carbocycles. The minimum absolute atomic E-state index is 0.165. The van der Waals surface area contributed by atoms with E-state index in [1.807, 2.05) is 13.1 Å². The summed E-state index contributed by atoms with van der Waals surface area (Å²) >= 11 is 3.39. The van der Waals surface area contributed by atoms with Gasteiger partial charge in [0.15, 0.2) is 0 Å². The Labute approximate surface area is 117 Å². The normalized spacial score (nSPS) is 19.5. The second-order valence-electron chi connectivity index (χ2n) is 5.16. The summed E-state index contributed by atoms with van der Waals surface area (Å²) in [4.78, 5) is 0. The summed E-state index contributed by atoms with van der Waals surface area (Å²) in [5, 5.41) is 3.39. The van der Waals surface area contributed by atoms with E-state index >= 15 is 0 Å². The molecule has 0 aliphatic heterocycles. The maximum atomic E-state index is 13.6. The highest BCUT2D eigenvalue weighted by molar-refractivity contribution is 9.10. The molecule has 1 saturated carbocycles. The second-order valence-corrected chi connectivity index (χ2v) is 5.95. The average Bonchev–Trinajstić information content (AvgIpc) is 2.64. The lowest BCUT2D eigenvalue weighted by Crippen LogP contribution is -2.25. The first kappa shape index (κ1) is 14.0. The van der Waals surface area contributed by atoms with Crippen molar-refractivity contribution >= 4 is 15.9 Å². The molecule has 1 aromatic rings. The fourth-order valence-electron chi connectivity index (χ4n) is 3.05. The Morgan fingerprint density at radius 2 is 1.89 bits per heavy atom. The lowest BCUT2D eigenvalue weighted by molar-refractivity contribution is 0.339. The lowest BCUT2D eigenvalue weighted by Gasteiger charge is -2.27. The molecule has 100 valence electrons. The van der Waals surface area contributed by atoms with E-state index in [1.165, 1.54) is 44.6 Å². The minimum atomic E-state index is -0.165. The van der Waals surface area contributed by atoms with Crippen LogP contribution in [-0.2, 0) is 0 Å². The summed E-state index contributed by atoms with van der Waals surface area (Å²) in [7, 11) is 1.98. The van der Waals surface area contributed by atoms with E-state index in [0.29, 0.717) is 10.4 Å². The Morgan fingerprint density at radius 1 is 1.22 bits per heavy atom. The van der Waals surface area contributed by atoms with Gasteiger partial charge < -0.3 is 5.32 Å². The number of halogens is 2. The predicted molar refractivity (Wildman–Crippen MR) is 77.1 cm³/mol. The van der Waals surface area contributed by atoms with Gasteiger partial charge in [-0.3, -0.25) is 0 Å². The molecule has 0 radical (unpaired) electrons. The summed E-state index contributed by atoms with van der Waals surface area (Å²) in [6.07, 6.45) is 7.78. The van der Waals surface area contributed by atoms with E-state index in [0.717, 1.165) is 5.56 Å². The lowest BCUT2D eigenvalue weighted by atomic mass is 9.87. The van der Waals surface area contributed by atoms with Gasteiger partial charge in [-0.05, 0) is 53.4 Å². The van der Waals surface area contributed by atoms with E-state index in [9.17, 15) is 4.39 Å². The van der Waals surface area contributed by atoms with Crippen molar-refractivity contribution in [3.63, 3.8) is 0 Å². The Balaban J connectivity index is 2.23. The Kier molecular flexibility index (Phi) is 5.19. The van der Waals surface area contributed by atoms with Crippen LogP contribution in [0.1, 0.15) is 50.1 Å². The van der Waals surface area contributed by atoms with Crippen molar-refractivity contribution in [2.24, 2.45) is 5.92 Å². The van der Waals surface area contributed by atoms with Crippen molar-refractivity contribution in [3.8, 4) is 0 Å². The number of nitrogens with one attached hydrogen (secondary N) is 1. The van der Waals surface area contributed by atoms with E-state index in [-0.39, 0.29) is 11.9 Å². The number of hydrogen-bond donors (Lipinski definition) is 1. The smallest absolute Gasteiger partial charge is 0.137 e. The van der Waals surface area contributed by atoms with Gasteiger partial charge in [0.05, 0.1) is 4.47 Å². The van der Waals surface area contributed by atoms with Crippen LogP contribution in [0.4, 0.5) is 4.39 Å². The maximum absolute atomic E-state index is 13.6. The summed E-state index contributed by atoms with van der Waals surface area (Å²) in [5.41, 5.74) is 1.06. The fraction of sp³-hybridized carbons (Fsp3) is 0.600. The molecule has 2 rings (SSSR count). The van der Waals surface area contributed by atoms with Gasteiger partial charge in [0.25, 0.3) is 0 Å². The Bertz CT molecular complexity index is 386. The van der Waals surface area contributed by atoms with Crippen molar-refractivity contribution in [2.45, 2.75) is 44.6 Å². The second kappa shape index (κ2) is 6.67. The van der Waals surface area contributed by atoms with Crippen LogP contribution in [0.15, 0.2) is 22.7 Å². The van der Waals surface area contributed by atoms with Crippen molar-refractivity contribution in [1.82, 2.24) is 5.32 Å². The summed E-state index contributed by atoms with van der Waals surface area (Å²) in [6.45, 7) is 0. The van der Waals surface area contributed by atoms with Crippen molar-refractivity contribution in [2.75, 3.05) is 7.05 Å². The van der Waals surface area contributed by atoms with Crippen molar-refractivity contribution in [3.05, 3.63) is 34.1 Å². The van der Waals surface area contributed by atoms with Gasteiger partial charge in [0.2, 0.25) is 0 Å². The van der Waals surface area contributed by atoms with Gasteiger partial charge in [0, 0.05) is 6.04 Å². The zero-order chi connectivity index (χ0) is 13.0. The van der Waals surface area contributed by atoms with Crippen LogP contribution < -0.4 is 5.32 Å². The predicted octanol–water partition coefficient (Wildman–Crippen LogP) is 4.82. The fourth-order valence-corrected chi connectivity index (χ4v) is 3.56. The third-order valence-corrected chi connectivity index (χ3v) is 4.84. The standard InChI is InChI=1S/C15H21BrFN/c1-18-15(11-7-4-2-3-5-8-11)12-9-6-10-13(17)14(12)16/h6,9-11,15,18H,2-5,7-8H2,1H3. The maximum Gasteiger partial charge on any atom is 0.137 e. The zero-order valence-corrected chi connectivity index (χ0v) is 12.5. The van der Waals surface area contributed by atoms with Crippen molar-refractivity contribution in [1.29, 1.82) is 0 Å². The molecule has 1 N–H and O–H groups in total. The van der Waals surface area contributed by atoms with Crippen LogP contribution in [0.3, 0.4) is 0 Å². The van der Waals surface area contributed by atoms with Gasteiger partial charge in [-0.2, -0.15) is 0 Å². The molecule has 1 aromatic carbocycles. The first-order chi connectivity index (χ1) is 8.74. The van der Waals surface area contributed by atoms with Crippen LogP contribution >= 0.6 is 15.9 Å². The Hall–Kier alpha value is -0.410. The third-order valence-electron chi connectivity index (χ3n) is 4.00. The zero-order valence-electron chi connectivity index (χ0n) is 10.9. The molecule has 0 amide bonds. The molecule has 1 nitrogen and oxygen atoms in total. The molecule has 1 unspecified atom stereocenters. The van der Waals surface area contributed by atoms with Crippen LogP contribution in [0.5, 0.6) is 0 Å². The quantitative estimate of drug-likeness (QED) is 0.789. The molecule has 18 heavy (non-hydrogen) atoms. The molecule has 3 heteroatoms. The van der Waals surface area contributed by atoms with Gasteiger partial charge in [0.1, 0.15) is 5.82 Å². The van der Waals surface area contributed by atoms with E-state index in [4.69, 9.17) is 0 Å². The highest BCUT2D eigenvalue weighted by atomic mass is 79.9. The summed E-state index contributed by atoms with van der Waals surface area (Å²) in [6, 6.07) is 5.59. The molecular weight excluding hydrogens is 293 g/mol. The van der Waals surface area contributed by atoms with Gasteiger partial charge in [-0.1, -0.05) is 37.8 Å². The number of rotatable bonds is 3. The van der Waals surface area contributed by atoms with Gasteiger partial charge >= 0.3 is 0 Å². The largest absolute Gasteiger partial charge is 0.313 e. The molecular formula is C15H21BrFN. The Morgan fingerprint density at radius 3 is 2.50 bits per heavy atom. The van der Waals surface area contributed by atoms with Crippen LogP contribution in [0.25, 0.3) is 0 Å². The monoisotopic (exact) mass is 313 g/mol. The van der Waals surface area contributed by atoms with Crippen LogP contribution in [0.2, 0.25) is 0 Å². The highest BCUT2D eigenvalue weighted by Gasteiger charge is 2.25. The van der Waals surface area contributed by atoms with Crippen LogP contribution in [0, 0.1) is 11.7 Å². The molecule has 0 saturated heterocycles. The van der Waals surface area contributed by atoms with Crippen molar-refractivity contribution < 1.29 is 4.39 Å². The third kappa shape index (κ3) is 3.12. The molecule has 1 aliphatic rings. The summed E-state index contributed by atoms with van der Waals surface area (Å²) in [5.74, 6) is 0.456. The number of hydrogen-bond acceptors (Lipinski definition) is 1. The van der Waals surface area contributed by atoms with Crippen LogP contribution in [-0.4, -0.2) is 7.05 Å². The molecule has 0 heterocycles.